The van der Waals surface area contributed by atoms with Crippen molar-refractivity contribution >= 4 is 29.6 Å². The van der Waals surface area contributed by atoms with Crippen LogP contribution in [0, 0.1) is 0 Å². The molecular weight excluding hydrogens is 466 g/mol. The van der Waals surface area contributed by atoms with E-state index in [1.807, 2.05) is 0 Å². The van der Waals surface area contributed by atoms with Crippen LogP contribution in [0.4, 0.5) is 0 Å². The summed E-state index contributed by atoms with van der Waals surface area (Å²) >= 11 is 0. The molecule has 2 aliphatic heterocycles. The molecule has 196 valence electrons. The Labute approximate surface area is 203 Å². The van der Waals surface area contributed by atoms with Gasteiger partial charge in [0.25, 0.3) is 11.8 Å². The van der Waals surface area contributed by atoms with Gasteiger partial charge < -0.3 is 34.4 Å². The first-order valence-electron chi connectivity index (χ1n) is 11.6. The molecule has 0 bridgehead atoms. The lowest BCUT2D eigenvalue weighted by molar-refractivity contribution is -0.200. The molecule has 13 nitrogen and oxygen atoms in total. The number of nitrogens with one attached hydrogen (secondary N) is 1. The highest BCUT2D eigenvalue weighted by atomic mass is 16.7. The molecule has 0 aromatic heterocycles. The molecule has 35 heavy (non-hydrogen) atoms. The molecule has 0 aliphatic carbocycles. The molecule has 1 fully saturated rings. The highest BCUT2D eigenvalue weighted by Crippen LogP contribution is 2.12. The number of imide groups is 1. The zero-order chi connectivity index (χ0) is 25.5. The van der Waals surface area contributed by atoms with E-state index in [1.54, 1.807) is 0 Å². The lowest BCUT2D eigenvalue weighted by Crippen LogP contribution is -2.34. The highest BCUT2D eigenvalue weighted by Gasteiger charge is 2.32. The van der Waals surface area contributed by atoms with E-state index in [4.69, 9.17) is 14.2 Å². The van der Waals surface area contributed by atoms with Gasteiger partial charge in [-0.1, -0.05) is 6.42 Å². The lowest BCUT2D eigenvalue weighted by atomic mass is 10.2. The number of rotatable bonds is 18. The summed E-state index contributed by atoms with van der Waals surface area (Å²) in [6, 6.07) is 0. The fourth-order valence-electron chi connectivity index (χ4n) is 3.22. The van der Waals surface area contributed by atoms with Gasteiger partial charge in [0.05, 0.1) is 33.0 Å². The predicted octanol–water partition coefficient (Wildman–Crippen LogP) is -0.963. The van der Waals surface area contributed by atoms with Crippen molar-refractivity contribution in [1.82, 2.24) is 15.3 Å². The van der Waals surface area contributed by atoms with E-state index in [1.165, 1.54) is 17.1 Å². The number of carbonyl (C=O) groups excluding carboxylic acids is 5. The summed E-state index contributed by atoms with van der Waals surface area (Å²) in [5.74, 6) is -2.19. The van der Waals surface area contributed by atoms with Crippen molar-refractivity contribution in [3.63, 3.8) is 0 Å². The van der Waals surface area contributed by atoms with Gasteiger partial charge in [-0.2, -0.15) is 0 Å². The number of nitrogens with zero attached hydrogens (tertiary/aromatic N) is 2. The molecule has 0 aromatic carbocycles. The number of carbonyl (C=O) groups is 5. The van der Waals surface area contributed by atoms with E-state index < -0.39 is 30.6 Å². The first-order valence-corrected chi connectivity index (χ1v) is 11.6. The van der Waals surface area contributed by atoms with Gasteiger partial charge in [0.1, 0.15) is 12.8 Å². The number of unbranched alkanes of at least 4 members (excludes halogenated alkanes) is 2. The molecule has 2 heterocycles. The monoisotopic (exact) mass is 499 g/mol. The van der Waals surface area contributed by atoms with Crippen LogP contribution in [-0.2, 0) is 43.0 Å². The van der Waals surface area contributed by atoms with E-state index >= 15 is 0 Å². The fraction of sp³-hybridized carbons (Fsp3) is 0.682. The third-order valence-electron chi connectivity index (χ3n) is 5.05. The smallest absolute Gasteiger partial charge is 0.358 e. The molecule has 1 unspecified atom stereocenters. The molecule has 1 saturated heterocycles. The average molecular weight is 500 g/mol. The Hall–Kier alpha value is -2.87. The second-order valence-electron chi connectivity index (χ2n) is 7.79. The minimum Gasteiger partial charge on any atom is -0.377 e. The molecule has 2 N–H and O–H groups in total. The Morgan fingerprint density at radius 2 is 1.60 bits per heavy atom. The van der Waals surface area contributed by atoms with Gasteiger partial charge >= 0.3 is 5.97 Å². The number of aliphatic hydroxyl groups excluding tert-OH is 1. The van der Waals surface area contributed by atoms with Gasteiger partial charge in [0.2, 0.25) is 11.8 Å². The van der Waals surface area contributed by atoms with Gasteiger partial charge in [-0.3, -0.25) is 19.2 Å². The van der Waals surface area contributed by atoms with Crippen LogP contribution < -0.4 is 5.32 Å². The summed E-state index contributed by atoms with van der Waals surface area (Å²) in [5.41, 5.74) is 0. The Bertz CT molecular complexity index is 757. The number of amides is 4. The fourth-order valence-corrected chi connectivity index (χ4v) is 3.22. The maximum absolute atomic E-state index is 11.8. The van der Waals surface area contributed by atoms with Crippen molar-refractivity contribution in [2.45, 2.75) is 44.8 Å². The van der Waals surface area contributed by atoms with E-state index in [0.717, 1.165) is 12.8 Å². The van der Waals surface area contributed by atoms with E-state index in [2.05, 4.69) is 10.2 Å². The second-order valence-corrected chi connectivity index (χ2v) is 7.79. The number of hydroxylamine groups is 2. The maximum Gasteiger partial charge on any atom is 0.358 e. The largest absolute Gasteiger partial charge is 0.377 e. The van der Waals surface area contributed by atoms with E-state index in [0.29, 0.717) is 50.8 Å². The summed E-state index contributed by atoms with van der Waals surface area (Å²) in [6.45, 7) is 1.76. The third kappa shape index (κ3) is 10.9. The zero-order valence-electron chi connectivity index (χ0n) is 19.6. The Kier molecular flexibility index (Phi) is 12.9. The molecular formula is C22H33N3O10. The zero-order valence-corrected chi connectivity index (χ0v) is 19.6. The minimum atomic E-state index is -0.845. The minimum absolute atomic E-state index is 0.0323. The Balaban J connectivity index is 1.31. The summed E-state index contributed by atoms with van der Waals surface area (Å²) in [6.07, 6.45) is 4.60. The van der Waals surface area contributed by atoms with E-state index in [9.17, 15) is 29.1 Å². The van der Waals surface area contributed by atoms with Crippen LogP contribution in [0.3, 0.4) is 0 Å². The van der Waals surface area contributed by atoms with Gasteiger partial charge in [-0.25, -0.2) is 4.79 Å². The quantitative estimate of drug-likeness (QED) is 0.177. The summed E-state index contributed by atoms with van der Waals surface area (Å²) in [4.78, 5) is 63.5. The lowest BCUT2D eigenvalue weighted by Gasteiger charge is -2.20. The highest BCUT2D eigenvalue weighted by molar-refractivity contribution is 6.01. The molecule has 2 aliphatic rings. The summed E-state index contributed by atoms with van der Waals surface area (Å²) in [5, 5.41) is 12.8. The predicted molar refractivity (Wildman–Crippen MR) is 118 cm³/mol. The molecule has 0 saturated carbocycles. The maximum atomic E-state index is 11.8. The Morgan fingerprint density at radius 1 is 0.943 bits per heavy atom. The molecule has 0 spiro atoms. The third-order valence-corrected chi connectivity index (χ3v) is 5.05. The first kappa shape index (κ1) is 28.4. The van der Waals surface area contributed by atoms with Crippen molar-refractivity contribution < 1.29 is 48.1 Å². The van der Waals surface area contributed by atoms with Gasteiger partial charge in [0, 0.05) is 38.4 Å². The van der Waals surface area contributed by atoms with Crippen molar-refractivity contribution in [2.24, 2.45) is 0 Å². The van der Waals surface area contributed by atoms with Crippen molar-refractivity contribution in [1.29, 1.82) is 0 Å². The molecule has 0 aromatic rings. The van der Waals surface area contributed by atoms with Gasteiger partial charge in [0.15, 0.2) is 0 Å². The van der Waals surface area contributed by atoms with Gasteiger partial charge in [-0.05, 0) is 18.9 Å². The average Bonchev–Trinajstić information content (AvgIpc) is 3.32. The van der Waals surface area contributed by atoms with Crippen molar-refractivity contribution in [2.75, 3.05) is 52.7 Å². The van der Waals surface area contributed by atoms with Gasteiger partial charge in [-0.15, -0.1) is 5.06 Å². The number of aliphatic hydroxyl groups is 1. The molecule has 4 amide bonds. The van der Waals surface area contributed by atoms with Crippen molar-refractivity contribution in [3.8, 4) is 0 Å². The number of ether oxygens (including phenoxy) is 3. The SMILES string of the molecule is O=C(CCCCCN1C(=O)C=CC1O)NCCOCCOCCOCC(=O)ON1C(=O)CCC1=O. The van der Waals surface area contributed by atoms with Crippen LogP contribution >= 0.6 is 0 Å². The van der Waals surface area contributed by atoms with Crippen molar-refractivity contribution in [3.05, 3.63) is 12.2 Å². The van der Waals surface area contributed by atoms with Crippen LogP contribution in [0.5, 0.6) is 0 Å². The summed E-state index contributed by atoms with van der Waals surface area (Å²) < 4.78 is 15.7. The summed E-state index contributed by atoms with van der Waals surface area (Å²) in [7, 11) is 0. The number of hydrogen-bond acceptors (Lipinski definition) is 10. The van der Waals surface area contributed by atoms with Crippen LogP contribution in [-0.4, -0.2) is 104 Å². The van der Waals surface area contributed by atoms with E-state index in [-0.39, 0.29) is 37.9 Å². The standard InChI is InChI=1S/C22H33N3O10/c26-17(4-2-1-3-10-24-18(27)5-6-19(24)28)23-9-11-32-12-13-33-14-15-34-16-22(31)35-25-20(29)7-8-21(25)30/h5-6,18,27H,1-4,7-16H2,(H,23,26). The molecule has 2 rings (SSSR count). The molecule has 0 radical (unpaired) electrons. The molecule has 13 heteroatoms. The normalized spacial score (nSPS) is 17.5. The first-order chi connectivity index (χ1) is 16.9. The topological polar surface area (TPSA) is 161 Å². The molecule has 1 atom stereocenters. The van der Waals surface area contributed by atoms with Crippen LogP contribution in [0.25, 0.3) is 0 Å². The second kappa shape index (κ2) is 15.9. The Morgan fingerprint density at radius 3 is 2.26 bits per heavy atom. The van der Waals surface area contributed by atoms with Crippen LogP contribution in [0.2, 0.25) is 0 Å². The van der Waals surface area contributed by atoms with Crippen LogP contribution in [0.1, 0.15) is 38.5 Å². The van der Waals surface area contributed by atoms with Crippen LogP contribution in [0.15, 0.2) is 12.2 Å². The number of hydrogen-bond donors (Lipinski definition) is 2.